The Balaban J connectivity index is 1.55. The summed E-state index contributed by atoms with van der Waals surface area (Å²) in [7, 11) is 0. The molecule has 0 unspecified atom stereocenters. The Labute approximate surface area is 146 Å². The van der Waals surface area contributed by atoms with Crippen LogP contribution in [0, 0.1) is 0 Å². The van der Waals surface area contributed by atoms with Crippen molar-refractivity contribution in [2.24, 2.45) is 0 Å². The number of aromatic nitrogens is 2. The largest absolute Gasteiger partial charge is 0.478 e. The topological polar surface area (TPSA) is 114 Å². The van der Waals surface area contributed by atoms with Crippen LogP contribution in [-0.4, -0.2) is 38.0 Å². The van der Waals surface area contributed by atoms with Gasteiger partial charge in [0.15, 0.2) is 0 Å². The molecule has 1 aliphatic rings. The molecule has 2 amide bonds. The number of amides is 2. The molecule has 8 heteroatoms. The third kappa shape index (κ3) is 2.53. The van der Waals surface area contributed by atoms with Crippen LogP contribution in [0.25, 0.3) is 11.5 Å². The fourth-order valence-electron chi connectivity index (χ4n) is 2.71. The van der Waals surface area contributed by atoms with Crippen molar-refractivity contribution in [2.75, 3.05) is 0 Å². The van der Waals surface area contributed by atoms with E-state index in [2.05, 4.69) is 10.2 Å². The molecule has 26 heavy (non-hydrogen) atoms. The van der Waals surface area contributed by atoms with Gasteiger partial charge in [-0.1, -0.05) is 12.1 Å². The number of imide groups is 1. The van der Waals surface area contributed by atoms with Crippen molar-refractivity contribution in [2.45, 2.75) is 6.54 Å². The van der Waals surface area contributed by atoms with Crippen LogP contribution >= 0.6 is 0 Å². The Hall–Kier alpha value is -3.81. The zero-order valence-electron chi connectivity index (χ0n) is 13.2. The van der Waals surface area contributed by atoms with Gasteiger partial charge in [-0.3, -0.25) is 14.5 Å². The van der Waals surface area contributed by atoms with Crippen LogP contribution in [0.1, 0.15) is 37.0 Å². The number of rotatable bonds is 4. The van der Waals surface area contributed by atoms with Crippen LogP contribution < -0.4 is 0 Å². The van der Waals surface area contributed by atoms with E-state index >= 15 is 0 Å². The van der Waals surface area contributed by atoms with Crippen LogP contribution in [0.2, 0.25) is 0 Å². The van der Waals surface area contributed by atoms with Crippen molar-refractivity contribution < 1.29 is 23.9 Å². The number of carbonyl (C=O) groups excluding carboxylic acids is 2. The second-order valence-corrected chi connectivity index (χ2v) is 5.63. The predicted molar refractivity (Wildman–Crippen MR) is 87.3 cm³/mol. The first-order valence-electron chi connectivity index (χ1n) is 7.66. The second-order valence-electron chi connectivity index (χ2n) is 5.63. The lowest BCUT2D eigenvalue weighted by atomic mass is 10.1. The van der Waals surface area contributed by atoms with Crippen molar-refractivity contribution in [3.8, 4) is 11.5 Å². The van der Waals surface area contributed by atoms with Gasteiger partial charge in [0.1, 0.15) is 6.54 Å². The molecule has 1 N–H and O–H groups in total. The number of hydrogen-bond acceptors (Lipinski definition) is 6. The van der Waals surface area contributed by atoms with E-state index in [1.54, 1.807) is 36.4 Å². The molecule has 0 spiro atoms. The predicted octanol–water partition coefficient (Wildman–Crippen LogP) is 2.23. The number of hydrogen-bond donors (Lipinski definition) is 1. The minimum atomic E-state index is -1.03. The Kier molecular flexibility index (Phi) is 3.58. The highest BCUT2D eigenvalue weighted by molar-refractivity contribution is 6.21. The molecule has 128 valence electrons. The normalized spacial score (nSPS) is 13.2. The molecule has 0 saturated carbocycles. The summed E-state index contributed by atoms with van der Waals surface area (Å²) >= 11 is 0. The van der Waals surface area contributed by atoms with Gasteiger partial charge >= 0.3 is 5.97 Å². The molecule has 0 fully saturated rings. The van der Waals surface area contributed by atoms with Gasteiger partial charge in [0.05, 0.1) is 16.7 Å². The molecule has 4 rings (SSSR count). The number of nitrogens with zero attached hydrogens (tertiary/aromatic N) is 3. The smallest absolute Gasteiger partial charge is 0.335 e. The highest BCUT2D eigenvalue weighted by Gasteiger charge is 2.36. The van der Waals surface area contributed by atoms with Crippen molar-refractivity contribution in [3.63, 3.8) is 0 Å². The summed E-state index contributed by atoms with van der Waals surface area (Å²) in [5.41, 5.74) is 1.37. The van der Waals surface area contributed by atoms with Crippen LogP contribution in [0.5, 0.6) is 0 Å². The molecule has 0 bridgehead atoms. The molecule has 1 aliphatic heterocycles. The second kappa shape index (κ2) is 5.92. The third-order valence-electron chi connectivity index (χ3n) is 4.02. The first kappa shape index (κ1) is 15.7. The molecule has 0 radical (unpaired) electrons. The maximum absolute atomic E-state index is 12.3. The monoisotopic (exact) mass is 349 g/mol. The number of benzene rings is 2. The maximum atomic E-state index is 12.3. The maximum Gasteiger partial charge on any atom is 0.335 e. The van der Waals surface area contributed by atoms with Gasteiger partial charge in [-0.2, -0.15) is 0 Å². The van der Waals surface area contributed by atoms with E-state index in [0.717, 1.165) is 4.90 Å². The summed E-state index contributed by atoms with van der Waals surface area (Å²) < 4.78 is 5.51. The first-order chi connectivity index (χ1) is 12.5. The zero-order valence-corrected chi connectivity index (χ0v) is 13.2. The lowest BCUT2D eigenvalue weighted by Crippen LogP contribution is -2.29. The highest BCUT2D eigenvalue weighted by atomic mass is 16.4. The number of carboxylic acid groups (broad SMARTS) is 1. The number of carboxylic acids is 1. The Morgan fingerprint density at radius 2 is 1.58 bits per heavy atom. The van der Waals surface area contributed by atoms with Crippen LogP contribution in [-0.2, 0) is 6.54 Å². The minimum Gasteiger partial charge on any atom is -0.478 e. The quantitative estimate of drug-likeness (QED) is 0.718. The third-order valence-corrected chi connectivity index (χ3v) is 4.02. The Bertz CT molecular complexity index is 1000. The summed E-state index contributed by atoms with van der Waals surface area (Å²) in [6.45, 7) is -0.132. The van der Waals surface area contributed by atoms with Crippen LogP contribution in [0.4, 0.5) is 0 Å². The van der Waals surface area contributed by atoms with Gasteiger partial charge in [-0.25, -0.2) is 4.79 Å². The standard InChI is InChI=1S/C18H11N3O5/c22-16-12-3-1-2-4-13(12)17(23)21(16)9-14-19-20-15(26-14)10-5-7-11(8-6-10)18(24)25/h1-8H,9H2,(H,24,25). The first-order valence-corrected chi connectivity index (χ1v) is 7.66. The van der Waals surface area contributed by atoms with E-state index in [-0.39, 0.29) is 23.9 Å². The fraction of sp³-hybridized carbons (Fsp3) is 0.0556. The Morgan fingerprint density at radius 1 is 0.962 bits per heavy atom. The molecule has 0 aliphatic carbocycles. The molecular weight excluding hydrogens is 338 g/mol. The van der Waals surface area contributed by atoms with Crippen molar-refractivity contribution >= 4 is 17.8 Å². The van der Waals surface area contributed by atoms with E-state index < -0.39 is 17.8 Å². The van der Waals surface area contributed by atoms with Gasteiger partial charge in [-0.05, 0) is 36.4 Å². The highest BCUT2D eigenvalue weighted by Crippen LogP contribution is 2.25. The van der Waals surface area contributed by atoms with Gasteiger partial charge < -0.3 is 9.52 Å². The fourth-order valence-corrected chi connectivity index (χ4v) is 2.71. The van der Waals surface area contributed by atoms with E-state index in [1.165, 1.54) is 12.1 Å². The average molecular weight is 349 g/mol. The number of aromatic carboxylic acids is 1. The average Bonchev–Trinajstić information content (AvgIpc) is 3.22. The summed E-state index contributed by atoms with van der Waals surface area (Å²) in [4.78, 5) is 36.6. The van der Waals surface area contributed by atoms with Crippen LogP contribution in [0.15, 0.2) is 52.9 Å². The summed E-state index contributed by atoms with van der Waals surface area (Å²) in [5, 5.41) is 16.7. The zero-order chi connectivity index (χ0) is 18.3. The molecular formula is C18H11N3O5. The molecule has 0 saturated heterocycles. The summed E-state index contributed by atoms with van der Waals surface area (Å²) in [6.07, 6.45) is 0. The van der Waals surface area contributed by atoms with E-state index in [1.807, 2.05) is 0 Å². The number of carbonyl (C=O) groups is 3. The van der Waals surface area contributed by atoms with Gasteiger partial charge in [0.2, 0.25) is 11.8 Å². The van der Waals surface area contributed by atoms with Crippen LogP contribution in [0.3, 0.4) is 0 Å². The summed E-state index contributed by atoms with van der Waals surface area (Å²) in [5.74, 6) is -1.56. The van der Waals surface area contributed by atoms with E-state index in [4.69, 9.17) is 9.52 Å². The molecule has 2 heterocycles. The van der Waals surface area contributed by atoms with E-state index in [9.17, 15) is 14.4 Å². The van der Waals surface area contributed by atoms with Crippen molar-refractivity contribution in [1.29, 1.82) is 0 Å². The molecule has 1 aromatic heterocycles. The van der Waals surface area contributed by atoms with E-state index in [0.29, 0.717) is 16.7 Å². The SMILES string of the molecule is O=C(O)c1ccc(-c2nnc(CN3C(=O)c4ccccc4C3=O)o2)cc1. The molecule has 8 nitrogen and oxygen atoms in total. The molecule has 0 atom stereocenters. The minimum absolute atomic E-state index is 0.108. The summed E-state index contributed by atoms with van der Waals surface area (Å²) in [6, 6.07) is 12.5. The Morgan fingerprint density at radius 3 is 2.15 bits per heavy atom. The lowest BCUT2D eigenvalue weighted by Gasteiger charge is -2.10. The lowest BCUT2D eigenvalue weighted by molar-refractivity contribution is 0.0626. The van der Waals surface area contributed by atoms with Gasteiger partial charge in [-0.15, -0.1) is 10.2 Å². The van der Waals surface area contributed by atoms with Gasteiger partial charge in [0.25, 0.3) is 11.8 Å². The number of fused-ring (bicyclic) bond motifs is 1. The van der Waals surface area contributed by atoms with Crippen molar-refractivity contribution in [1.82, 2.24) is 15.1 Å². The molecule has 3 aromatic rings. The molecule has 2 aromatic carbocycles. The van der Waals surface area contributed by atoms with Gasteiger partial charge in [0, 0.05) is 5.56 Å². The van der Waals surface area contributed by atoms with Crippen molar-refractivity contribution in [3.05, 3.63) is 71.1 Å².